The summed E-state index contributed by atoms with van der Waals surface area (Å²) in [5.41, 5.74) is 1.44. The number of nitrogens with one attached hydrogen (secondary N) is 1. The van der Waals surface area contributed by atoms with Crippen molar-refractivity contribution in [2.24, 2.45) is 5.41 Å². The molecule has 0 unspecified atom stereocenters. The molecule has 0 aliphatic rings. The number of nitriles is 1. The Bertz CT molecular complexity index is 1180. The maximum atomic E-state index is 12.5. The van der Waals surface area contributed by atoms with E-state index in [1.54, 1.807) is 50.2 Å². The van der Waals surface area contributed by atoms with Crippen LogP contribution in [0.3, 0.4) is 0 Å². The van der Waals surface area contributed by atoms with Crippen LogP contribution in [0.5, 0.6) is 5.75 Å². The Morgan fingerprint density at radius 1 is 1.12 bits per heavy atom. The van der Waals surface area contributed by atoms with Crippen LogP contribution in [0.15, 0.2) is 54.6 Å². The number of pyridine rings is 1. The molecule has 0 saturated heterocycles. The number of aromatic nitrogens is 1. The van der Waals surface area contributed by atoms with Gasteiger partial charge in [0.25, 0.3) is 0 Å². The number of hydrogen-bond donors (Lipinski definition) is 2. The van der Waals surface area contributed by atoms with Gasteiger partial charge in [-0.3, -0.25) is 9.59 Å². The molecule has 7 heteroatoms. The van der Waals surface area contributed by atoms with Crippen molar-refractivity contribution in [2.45, 2.75) is 39.7 Å². The van der Waals surface area contributed by atoms with Crippen LogP contribution in [0.1, 0.15) is 44.4 Å². The summed E-state index contributed by atoms with van der Waals surface area (Å²) in [5, 5.41) is 22.3. The Morgan fingerprint density at radius 3 is 2.56 bits per heavy atom. The summed E-state index contributed by atoms with van der Waals surface area (Å²) in [6, 6.07) is 18.2. The molecule has 3 aromatic rings. The van der Waals surface area contributed by atoms with Crippen LogP contribution in [-0.2, 0) is 16.2 Å². The fraction of sp³-hybridized carbons (Fsp3) is 0.280. The molecule has 0 aliphatic heterocycles. The molecular formula is C25H25N3O4. The number of carboxylic acid groups (broad SMARTS) is 1. The van der Waals surface area contributed by atoms with Crippen LogP contribution in [0.25, 0.3) is 10.9 Å². The van der Waals surface area contributed by atoms with Crippen LogP contribution in [0.4, 0.5) is 5.69 Å². The van der Waals surface area contributed by atoms with E-state index in [9.17, 15) is 14.7 Å². The Morgan fingerprint density at radius 2 is 1.88 bits per heavy atom. The molecule has 0 atom stereocenters. The lowest BCUT2D eigenvalue weighted by Crippen LogP contribution is -2.34. The zero-order chi connectivity index (χ0) is 23.1. The summed E-state index contributed by atoms with van der Waals surface area (Å²) in [4.78, 5) is 28.7. The second kappa shape index (κ2) is 9.92. The van der Waals surface area contributed by atoms with Crippen LogP contribution in [0, 0.1) is 16.7 Å². The number of carboxylic acids is 1. The molecule has 0 fully saturated rings. The number of aliphatic carboxylic acids is 1. The summed E-state index contributed by atoms with van der Waals surface area (Å²) in [7, 11) is 0. The molecule has 0 radical (unpaired) electrons. The van der Waals surface area contributed by atoms with E-state index in [1.165, 1.54) is 0 Å². The number of ether oxygens (including phenoxy) is 1. The molecule has 1 heterocycles. The van der Waals surface area contributed by atoms with Crippen molar-refractivity contribution in [3.05, 3.63) is 65.9 Å². The Kier molecular flexibility index (Phi) is 7.06. The third-order valence-electron chi connectivity index (χ3n) is 5.69. The lowest BCUT2D eigenvalue weighted by Gasteiger charge is -2.25. The van der Waals surface area contributed by atoms with Crippen molar-refractivity contribution >= 4 is 28.5 Å². The Balaban J connectivity index is 1.66. The highest BCUT2D eigenvalue weighted by molar-refractivity contribution is 5.94. The topological polar surface area (TPSA) is 112 Å². The van der Waals surface area contributed by atoms with Gasteiger partial charge >= 0.3 is 5.97 Å². The summed E-state index contributed by atoms with van der Waals surface area (Å²) >= 11 is 0. The van der Waals surface area contributed by atoms with E-state index >= 15 is 0 Å². The first-order valence-corrected chi connectivity index (χ1v) is 10.4. The minimum Gasteiger partial charge on any atom is -0.487 e. The highest BCUT2D eigenvalue weighted by Gasteiger charge is 2.37. The number of nitrogens with zero attached hydrogens (tertiary/aromatic N) is 2. The second-order valence-electron chi connectivity index (χ2n) is 7.66. The minimum atomic E-state index is -1.06. The fourth-order valence-corrected chi connectivity index (χ4v) is 3.52. The van der Waals surface area contributed by atoms with E-state index in [2.05, 4.69) is 16.4 Å². The normalized spacial score (nSPS) is 11.0. The molecular weight excluding hydrogens is 406 g/mol. The molecule has 0 bridgehead atoms. The van der Waals surface area contributed by atoms with Crippen molar-refractivity contribution in [1.82, 2.24) is 4.98 Å². The van der Waals surface area contributed by atoms with Gasteiger partial charge in [0.2, 0.25) is 5.91 Å². The smallest absolute Gasteiger partial charge is 0.310 e. The molecule has 0 saturated carbocycles. The number of carbonyl (C=O) groups is 2. The Labute approximate surface area is 186 Å². The van der Waals surface area contributed by atoms with Crippen molar-refractivity contribution in [3.8, 4) is 11.8 Å². The number of carbonyl (C=O) groups excluding carboxylic acids is 1. The van der Waals surface area contributed by atoms with Crippen molar-refractivity contribution in [3.63, 3.8) is 0 Å². The maximum Gasteiger partial charge on any atom is 0.310 e. The maximum absolute atomic E-state index is 12.5. The summed E-state index contributed by atoms with van der Waals surface area (Å²) < 4.78 is 5.83. The van der Waals surface area contributed by atoms with Gasteiger partial charge in [-0.15, -0.1) is 0 Å². The van der Waals surface area contributed by atoms with Gasteiger partial charge < -0.3 is 15.2 Å². The van der Waals surface area contributed by atoms with Gasteiger partial charge in [0.05, 0.1) is 28.3 Å². The first-order valence-electron chi connectivity index (χ1n) is 10.4. The van der Waals surface area contributed by atoms with Gasteiger partial charge in [-0.25, -0.2) is 4.98 Å². The van der Waals surface area contributed by atoms with Crippen LogP contribution in [0.2, 0.25) is 0 Å². The zero-order valence-corrected chi connectivity index (χ0v) is 18.1. The van der Waals surface area contributed by atoms with Gasteiger partial charge in [0.1, 0.15) is 12.4 Å². The molecule has 0 spiro atoms. The van der Waals surface area contributed by atoms with Crippen molar-refractivity contribution < 1.29 is 19.4 Å². The average Bonchev–Trinajstić information content (AvgIpc) is 2.80. The number of fused-ring (bicyclic) bond motifs is 1. The predicted molar refractivity (Wildman–Crippen MR) is 121 cm³/mol. The van der Waals surface area contributed by atoms with E-state index in [-0.39, 0.29) is 18.9 Å². The molecule has 1 aromatic heterocycles. The van der Waals surface area contributed by atoms with E-state index in [4.69, 9.17) is 10.00 Å². The quantitative estimate of drug-likeness (QED) is 0.498. The van der Waals surface area contributed by atoms with Crippen molar-refractivity contribution in [2.75, 3.05) is 5.32 Å². The monoisotopic (exact) mass is 431 g/mol. The standard InChI is InChI=1S/C25H25N3O4/c1-3-25(4-2,24(30)31)14-23(29)28-19-6-5-7-21(13-19)32-16-20-11-10-18-9-8-17(15-26)12-22(18)27-20/h5-13H,3-4,14,16H2,1-2H3,(H,28,29)(H,30,31). The average molecular weight is 431 g/mol. The van der Waals surface area contributed by atoms with Gasteiger partial charge in [-0.05, 0) is 43.2 Å². The lowest BCUT2D eigenvalue weighted by atomic mass is 9.79. The van der Waals surface area contributed by atoms with Crippen LogP contribution < -0.4 is 10.1 Å². The molecule has 0 aliphatic carbocycles. The van der Waals surface area contributed by atoms with Gasteiger partial charge in [-0.1, -0.05) is 32.0 Å². The van der Waals surface area contributed by atoms with Crippen molar-refractivity contribution in [1.29, 1.82) is 5.26 Å². The fourth-order valence-electron chi connectivity index (χ4n) is 3.52. The number of amides is 1. The summed E-state index contributed by atoms with van der Waals surface area (Å²) in [6.45, 7) is 3.78. The van der Waals surface area contributed by atoms with Crippen LogP contribution in [-0.4, -0.2) is 22.0 Å². The molecule has 1 amide bonds. The zero-order valence-electron chi connectivity index (χ0n) is 18.1. The first-order chi connectivity index (χ1) is 15.4. The molecule has 2 N–H and O–H groups in total. The molecule has 3 rings (SSSR count). The Hall–Kier alpha value is -3.92. The predicted octanol–water partition coefficient (Wildman–Crippen LogP) is 4.91. The number of rotatable bonds is 9. The third kappa shape index (κ3) is 5.22. The highest BCUT2D eigenvalue weighted by Crippen LogP contribution is 2.31. The molecule has 164 valence electrons. The van der Waals surface area contributed by atoms with Gasteiger partial charge in [0.15, 0.2) is 0 Å². The van der Waals surface area contributed by atoms with E-state index in [1.807, 2.05) is 18.2 Å². The molecule has 2 aromatic carbocycles. The molecule has 7 nitrogen and oxygen atoms in total. The third-order valence-corrected chi connectivity index (χ3v) is 5.69. The summed E-state index contributed by atoms with van der Waals surface area (Å²) in [6.07, 6.45) is 0.667. The molecule has 32 heavy (non-hydrogen) atoms. The summed E-state index contributed by atoms with van der Waals surface area (Å²) in [5.74, 6) is -0.761. The van der Waals surface area contributed by atoms with Crippen LogP contribution >= 0.6 is 0 Å². The lowest BCUT2D eigenvalue weighted by molar-refractivity contribution is -0.151. The largest absolute Gasteiger partial charge is 0.487 e. The number of benzene rings is 2. The highest BCUT2D eigenvalue weighted by atomic mass is 16.5. The van der Waals surface area contributed by atoms with Gasteiger partial charge in [0, 0.05) is 23.6 Å². The minimum absolute atomic E-state index is 0.0912. The second-order valence-corrected chi connectivity index (χ2v) is 7.66. The number of hydrogen-bond acceptors (Lipinski definition) is 5. The van der Waals surface area contributed by atoms with E-state index in [0.29, 0.717) is 35.5 Å². The van der Waals surface area contributed by atoms with E-state index in [0.717, 1.165) is 10.9 Å². The van der Waals surface area contributed by atoms with E-state index < -0.39 is 11.4 Å². The SMILES string of the molecule is CCC(CC)(CC(=O)Nc1cccc(OCc2ccc3ccc(C#N)cc3n2)c1)C(=O)O. The van der Waals surface area contributed by atoms with Gasteiger partial charge in [-0.2, -0.15) is 5.26 Å². The number of anilines is 1. The first kappa shape index (κ1) is 22.8.